The Morgan fingerprint density at radius 1 is 1.35 bits per heavy atom. The summed E-state index contributed by atoms with van der Waals surface area (Å²) in [6.45, 7) is 1.97. The Balaban J connectivity index is 2.36. The molecule has 0 aliphatic rings. The second-order valence-electron chi connectivity index (χ2n) is 4.32. The van der Waals surface area contributed by atoms with Crippen molar-refractivity contribution in [3.8, 4) is 11.6 Å². The van der Waals surface area contributed by atoms with Gasteiger partial charge in [0.15, 0.2) is 0 Å². The minimum atomic E-state index is -4.40. The van der Waals surface area contributed by atoms with Crippen molar-refractivity contribution in [3.63, 3.8) is 0 Å². The predicted octanol–water partition coefficient (Wildman–Crippen LogP) is 3.00. The van der Waals surface area contributed by atoms with E-state index in [9.17, 15) is 13.2 Å². The molecule has 0 spiro atoms. The minimum Gasteiger partial charge on any atom is -0.439 e. The van der Waals surface area contributed by atoms with Gasteiger partial charge in [-0.25, -0.2) is 4.68 Å². The fourth-order valence-electron chi connectivity index (χ4n) is 1.89. The van der Waals surface area contributed by atoms with Gasteiger partial charge in [-0.3, -0.25) is 0 Å². The van der Waals surface area contributed by atoms with Gasteiger partial charge in [0, 0.05) is 13.6 Å². The lowest BCUT2D eigenvalue weighted by Gasteiger charge is -2.11. The van der Waals surface area contributed by atoms with Gasteiger partial charge in [-0.05, 0) is 25.1 Å². The van der Waals surface area contributed by atoms with E-state index in [1.165, 1.54) is 16.8 Å². The summed E-state index contributed by atoms with van der Waals surface area (Å²) in [5.41, 5.74) is 6.21. The van der Waals surface area contributed by atoms with Crippen molar-refractivity contribution in [2.45, 2.75) is 19.6 Å². The third-order valence-corrected chi connectivity index (χ3v) is 2.87. The summed E-state index contributed by atoms with van der Waals surface area (Å²) in [4.78, 5) is 0. The monoisotopic (exact) mass is 285 g/mol. The normalized spacial score (nSPS) is 11.7. The molecular formula is C13H14F3N3O. The standard InChI is InChI=1S/C13H14F3N3O/c1-8-11(7-17)12(19(2)18-8)20-10-5-3-4-9(6-10)13(14,15)16/h3-6H,7,17H2,1-2H3. The molecule has 0 radical (unpaired) electrons. The van der Waals surface area contributed by atoms with E-state index in [2.05, 4.69) is 5.10 Å². The molecule has 4 nitrogen and oxygen atoms in total. The summed E-state index contributed by atoms with van der Waals surface area (Å²) >= 11 is 0. The van der Waals surface area contributed by atoms with E-state index in [-0.39, 0.29) is 12.3 Å². The zero-order valence-electron chi connectivity index (χ0n) is 11.0. The summed E-state index contributed by atoms with van der Waals surface area (Å²) < 4.78 is 44.9. The Kier molecular flexibility index (Phi) is 3.71. The number of alkyl halides is 3. The highest BCUT2D eigenvalue weighted by molar-refractivity contribution is 5.37. The van der Waals surface area contributed by atoms with Crippen molar-refractivity contribution < 1.29 is 17.9 Å². The highest BCUT2D eigenvalue weighted by Crippen LogP contribution is 2.33. The molecule has 0 saturated heterocycles. The fraction of sp³-hybridized carbons (Fsp3) is 0.308. The maximum absolute atomic E-state index is 12.6. The highest BCUT2D eigenvalue weighted by atomic mass is 19.4. The number of aromatic nitrogens is 2. The van der Waals surface area contributed by atoms with E-state index in [0.29, 0.717) is 17.1 Å². The number of hydrogen-bond acceptors (Lipinski definition) is 3. The Morgan fingerprint density at radius 3 is 2.65 bits per heavy atom. The van der Waals surface area contributed by atoms with Crippen LogP contribution in [-0.4, -0.2) is 9.78 Å². The molecule has 0 aliphatic heterocycles. The molecule has 2 N–H and O–H groups in total. The highest BCUT2D eigenvalue weighted by Gasteiger charge is 2.30. The molecule has 0 bridgehead atoms. The third-order valence-electron chi connectivity index (χ3n) is 2.87. The molecule has 20 heavy (non-hydrogen) atoms. The molecule has 0 saturated carbocycles. The van der Waals surface area contributed by atoms with Crippen LogP contribution in [0.15, 0.2) is 24.3 Å². The van der Waals surface area contributed by atoms with E-state index in [0.717, 1.165) is 12.1 Å². The average Bonchev–Trinajstić information content (AvgIpc) is 2.63. The molecule has 0 unspecified atom stereocenters. The summed E-state index contributed by atoms with van der Waals surface area (Å²) in [6.07, 6.45) is -4.40. The van der Waals surface area contributed by atoms with Crippen LogP contribution in [0.25, 0.3) is 0 Å². The van der Waals surface area contributed by atoms with Gasteiger partial charge in [0.1, 0.15) is 5.75 Å². The van der Waals surface area contributed by atoms with Crippen molar-refractivity contribution in [2.24, 2.45) is 12.8 Å². The van der Waals surface area contributed by atoms with Crippen LogP contribution in [0.4, 0.5) is 13.2 Å². The van der Waals surface area contributed by atoms with Crippen molar-refractivity contribution in [1.29, 1.82) is 0 Å². The van der Waals surface area contributed by atoms with Crippen LogP contribution in [0, 0.1) is 6.92 Å². The first kappa shape index (κ1) is 14.4. The first-order valence-corrected chi connectivity index (χ1v) is 5.90. The largest absolute Gasteiger partial charge is 0.439 e. The van der Waals surface area contributed by atoms with Crippen LogP contribution < -0.4 is 10.5 Å². The number of ether oxygens (including phenoxy) is 1. The number of rotatable bonds is 3. The fourth-order valence-corrected chi connectivity index (χ4v) is 1.89. The number of nitrogens with two attached hydrogens (primary N) is 1. The molecule has 7 heteroatoms. The molecule has 108 valence electrons. The summed E-state index contributed by atoms with van der Waals surface area (Å²) in [6, 6.07) is 4.69. The van der Waals surface area contributed by atoms with Gasteiger partial charge >= 0.3 is 6.18 Å². The third kappa shape index (κ3) is 2.77. The maximum atomic E-state index is 12.6. The van der Waals surface area contributed by atoms with E-state index < -0.39 is 11.7 Å². The van der Waals surface area contributed by atoms with E-state index in [1.54, 1.807) is 14.0 Å². The van der Waals surface area contributed by atoms with Gasteiger partial charge < -0.3 is 10.5 Å². The zero-order valence-corrected chi connectivity index (χ0v) is 11.0. The van der Waals surface area contributed by atoms with Crippen LogP contribution in [0.1, 0.15) is 16.8 Å². The Morgan fingerprint density at radius 2 is 2.05 bits per heavy atom. The SMILES string of the molecule is Cc1nn(C)c(Oc2cccc(C(F)(F)F)c2)c1CN. The van der Waals surface area contributed by atoms with Crippen LogP contribution in [0.2, 0.25) is 0 Å². The van der Waals surface area contributed by atoms with Gasteiger partial charge in [0.2, 0.25) is 5.88 Å². The van der Waals surface area contributed by atoms with E-state index in [1.807, 2.05) is 0 Å². The summed E-state index contributed by atoms with van der Waals surface area (Å²) in [7, 11) is 1.65. The Bertz CT molecular complexity index is 620. The number of nitrogens with zero attached hydrogens (tertiary/aromatic N) is 2. The number of benzene rings is 1. The van der Waals surface area contributed by atoms with Gasteiger partial charge in [0.25, 0.3) is 0 Å². The lowest BCUT2D eigenvalue weighted by Crippen LogP contribution is -2.05. The quantitative estimate of drug-likeness (QED) is 0.943. The van der Waals surface area contributed by atoms with Crippen LogP contribution in [0.5, 0.6) is 11.6 Å². The van der Waals surface area contributed by atoms with E-state index in [4.69, 9.17) is 10.5 Å². The lowest BCUT2D eigenvalue weighted by atomic mass is 10.2. The first-order chi connectivity index (χ1) is 9.32. The average molecular weight is 285 g/mol. The maximum Gasteiger partial charge on any atom is 0.416 e. The van der Waals surface area contributed by atoms with Crippen LogP contribution in [0.3, 0.4) is 0 Å². The van der Waals surface area contributed by atoms with Crippen LogP contribution >= 0.6 is 0 Å². The van der Waals surface area contributed by atoms with Crippen molar-refractivity contribution in [3.05, 3.63) is 41.1 Å². The predicted molar refractivity (Wildman–Crippen MR) is 67.4 cm³/mol. The molecule has 1 aromatic heterocycles. The van der Waals surface area contributed by atoms with Gasteiger partial charge in [0.05, 0.1) is 16.8 Å². The summed E-state index contributed by atoms with van der Waals surface area (Å²) in [5.74, 6) is 0.446. The van der Waals surface area contributed by atoms with Gasteiger partial charge in [-0.2, -0.15) is 18.3 Å². The molecule has 0 aliphatic carbocycles. The van der Waals surface area contributed by atoms with Crippen molar-refractivity contribution >= 4 is 0 Å². The first-order valence-electron chi connectivity index (χ1n) is 5.90. The molecule has 2 rings (SSSR count). The second kappa shape index (κ2) is 5.16. The second-order valence-corrected chi connectivity index (χ2v) is 4.32. The number of hydrogen-bond donors (Lipinski definition) is 1. The van der Waals surface area contributed by atoms with Crippen molar-refractivity contribution in [1.82, 2.24) is 9.78 Å². The number of aryl methyl sites for hydroxylation is 2. The van der Waals surface area contributed by atoms with Crippen molar-refractivity contribution in [2.75, 3.05) is 0 Å². The molecule has 1 aromatic carbocycles. The zero-order chi connectivity index (χ0) is 14.9. The van der Waals surface area contributed by atoms with Gasteiger partial charge in [-0.1, -0.05) is 6.07 Å². The van der Waals surface area contributed by atoms with E-state index >= 15 is 0 Å². The summed E-state index contributed by atoms with van der Waals surface area (Å²) in [5, 5.41) is 4.14. The number of halogens is 3. The Hall–Kier alpha value is -2.02. The molecule has 0 fully saturated rings. The minimum absolute atomic E-state index is 0.0949. The van der Waals surface area contributed by atoms with Crippen LogP contribution in [-0.2, 0) is 19.8 Å². The smallest absolute Gasteiger partial charge is 0.416 e. The lowest BCUT2D eigenvalue weighted by molar-refractivity contribution is -0.137. The molecule has 2 aromatic rings. The van der Waals surface area contributed by atoms with Gasteiger partial charge in [-0.15, -0.1) is 0 Å². The molecule has 1 heterocycles. The Labute approximate surface area is 114 Å². The molecule has 0 amide bonds. The topological polar surface area (TPSA) is 53.1 Å². The molecule has 0 atom stereocenters. The molecular weight excluding hydrogens is 271 g/mol.